The SMILES string of the molecule is CC1=C(N2CCC3(CCN(C[C@H](O)c4ccc(-n5cnnn5)nc4C)CC3O)C2=O)COC1=O. The Balaban J connectivity index is 1.24. The summed E-state index contributed by atoms with van der Waals surface area (Å²) >= 11 is 0. The Morgan fingerprint density at radius 1 is 1.24 bits per heavy atom. The Kier molecular flexibility index (Phi) is 5.66. The fraction of sp³-hybridized carbons (Fsp3) is 0.545. The van der Waals surface area contributed by atoms with Gasteiger partial charge in [0.1, 0.15) is 12.9 Å². The molecule has 2 aromatic rings. The monoisotopic (exact) mass is 469 g/mol. The molecular formula is C22H27N7O5. The van der Waals surface area contributed by atoms with Crippen LogP contribution in [0.3, 0.4) is 0 Å². The Hall–Kier alpha value is -3.22. The Morgan fingerprint density at radius 3 is 2.68 bits per heavy atom. The number of aromatic nitrogens is 5. The lowest BCUT2D eigenvalue weighted by molar-refractivity contribution is -0.146. The Labute approximate surface area is 195 Å². The molecule has 12 nitrogen and oxygen atoms in total. The van der Waals surface area contributed by atoms with Gasteiger partial charge < -0.3 is 19.8 Å². The zero-order valence-electron chi connectivity index (χ0n) is 19.1. The summed E-state index contributed by atoms with van der Waals surface area (Å²) < 4.78 is 6.50. The number of rotatable bonds is 5. The summed E-state index contributed by atoms with van der Waals surface area (Å²) in [5, 5.41) is 32.9. The van der Waals surface area contributed by atoms with Crippen LogP contribution in [0, 0.1) is 12.3 Å². The molecule has 180 valence electrons. The molecule has 12 heteroatoms. The standard InChI is InChI=1S/C22H27N7O5/c1-13-16(11-34-20(13)32)28-8-6-22(21(28)33)5-7-27(10-18(22)31)9-17(30)15-3-4-19(24-14(15)2)29-12-23-25-26-29/h3-4,12,17-18,30-31H,5-11H2,1-2H3/t17-,18?,22?/m0/s1. The van der Waals surface area contributed by atoms with Crippen molar-refractivity contribution in [3.05, 3.63) is 41.0 Å². The van der Waals surface area contributed by atoms with Crippen LogP contribution in [-0.2, 0) is 14.3 Å². The van der Waals surface area contributed by atoms with E-state index in [0.717, 1.165) is 0 Å². The molecule has 0 aromatic carbocycles. The van der Waals surface area contributed by atoms with Crippen LogP contribution in [-0.4, -0.2) is 96.0 Å². The van der Waals surface area contributed by atoms with Crippen molar-refractivity contribution in [2.24, 2.45) is 5.41 Å². The van der Waals surface area contributed by atoms with E-state index in [-0.39, 0.29) is 19.1 Å². The van der Waals surface area contributed by atoms with Gasteiger partial charge in [0.05, 0.1) is 28.9 Å². The van der Waals surface area contributed by atoms with Gasteiger partial charge in [0.25, 0.3) is 0 Å². The van der Waals surface area contributed by atoms with E-state index >= 15 is 0 Å². The Bertz CT molecular complexity index is 1150. The molecule has 1 amide bonds. The molecule has 2 N–H and O–H groups in total. The maximum atomic E-state index is 13.3. The fourth-order valence-electron chi connectivity index (χ4n) is 5.18. The first kappa shape index (κ1) is 22.6. The van der Waals surface area contributed by atoms with E-state index < -0.39 is 23.6 Å². The van der Waals surface area contributed by atoms with Crippen molar-refractivity contribution in [1.29, 1.82) is 0 Å². The average molecular weight is 470 g/mol. The topological polar surface area (TPSA) is 147 Å². The molecule has 5 rings (SSSR count). The number of ether oxygens (including phenoxy) is 1. The predicted molar refractivity (Wildman–Crippen MR) is 116 cm³/mol. The second kappa shape index (κ2) is 8.53. The van der Waals surface area contributed by atoms with Gasteiger partial charge in [0, 0.05) is 30.9 Å². The smallest absolute Gasteiger partial charge is 0.336 e. The van der Waals surface area contributed by atoms with Crippen molar-refractivity contribution >= 4 is 11.9 Å². The third kappa shape index (κ3) is 3.67. The van der Waals surface area contributed by atoms with Gasteiger partial charge in [-0.1, -0.05) is 6.07 Å². The highest BCUT2D eigenvalue weighted by atomic mass is 16.5. The van der Waals surface area contributed by atoms with Crippen LogP contribution in [0.15, 0.2) is 29.7 Å². The summed E-state index contributed by atoms with van der Waals surface area (Å²) in [7, 11) is 0. The van der Waals surface area contributed by atoms with Gasteiger partial charge in [-0.2, -0.15) is 4.68 Å². The van der Waals surface area contributed by atoms with Crippen molar-refractivity contribution in [2.75, 3.05) is 32.8 Å². The van der Waals surface area contributed by atoms with Crippen LogP contribution in [0.1, 0.15) is 37.1 Å². The quantitative estimate of drug-likeness (QED) is 0.550. The zero-order chi connectivity index (χ0) is 24.0. The Morgan fingerprint density at radius 2 is 2.03 bits per heavy atom. The molecule has 2 fully saturated rings. The number of cyclic esters (lactones) is 1. The van der Waals surface area contributed by atoms with E-state index in [1.807, 2.05) is 11.8 Å². The molecule has 34 heavy (non-hydrogen) atoms. The summed E-state index contributed by atoms with van der Waals surface area (Å²) in [5.74, 6) is 0.00719. The molecule has 0 radical (unpaired) electrons. The number of likely N-dealkylation sites (tertiary alicyclic amines) is 2. The molecule has 0 saturated carbocycles. The number of aliphatic hydroxyl groups is 2. The van der Waals surface area contributed by atoms with Crippen LogP contribution < -0.4 is 0 Å². The van der Waals surface area contributed by atoms with Crippen molar-refractivity contribution in [3.8, 4) is 5.82 Å². The number of piperidine rings is 1. The summed E-state index contributed by atoms with van der Waals surface area (Å²) in [6.45, 7) is 5.18. The molecule has 0 bridgehead atoms. The van der Waals surface area contributed by atoms with Gasteiger partial charge in [0.2, 0.25) is 5.91 Å². The lowest BCUT2D eigenvalue weighted by Crippen LogP contribution is -2.55. The molecule has 3 atom stereocenters. The van der Waals surface area contributed by atoms with Crippen LogP contribution in [0.25, 0.3) is 5.82 Å². The lowest BCUT2D eigenvalue weighted by Gasteiger charge is -2.42. The summed E-state index contributed by atoms with van der Waals surface area (Å²) in [5.41, 5.74) is 1.53. The summed E-state index contributed by atoms with van der Waals surface area (Å²) in [6, 6.07) is 3.53. The number of aryl methyl sites for hydroxylation is 1. The predicted octanol–water partition coefficient (Wildman–Crippen LogP) is -0.485. The van der Waals surface area contributed by atoms with Gasteiger partial charge >= 0.3 is 5.97 Å². The third-order valence-corrected chi connectivity index (χ3v) is 7.29. The van der Waals surface area contributed by atoms with Crippen LogP contribution in [0.5, 0.6) is 0 Å². The first-order chi connectivity index (χ1) is 16.3. The molecule has 2 saturated heterocycles. The highest BCUT2D eigenvalue weighted by Gasteiger charge is 2.55. The largest absolute Gasteiger partial charge is 0.456 e. The maximum absolute atomic E-state index is 13.3. The van der Waals surface area contributed by atoms with Crippen LogP contribution in [0.2, 0.25) is 0 Å². The van der Waals surface area contributed by atoms with Crippen molar-refractivity contribution < 1.29 is 24.5 Å². The van der Waals surface area contributed by atoms with Crippen LogP contribution >= 0.6 is 0 Å². The molecule has 3 aliphatic heterocycles. The highest BCUT2D eigenvalue weighted by molar-refractivity contribution is 5.94. The van der Waals surface area contributed by atoms with Gasteiger partial charge in [-0.15, -0.1) is 5.10 Å². The number of nitrogens with zero attached hydrogens (tertiary/aromatic N) is 7. The number of hydrogen-bond acceptors (Lipinski definition) is 10. The van der Waals surface area contributed by atoms with Gasteiger partial charge in [-0.3, -0.25) is 9.69 Å². The minimum Gasteiger partial charge on any atom is -0.456 e. The van der Waals surface area contributed by atoms with E-state index in [1.54, 1.807) is 24.0 Å². The van der Waals surface area contributed by atoms with E-state index in [4.69, 9.17) is 4.74 Å². The number of esters is 1. The van der Waals surface area contributed by atoms with E-state index in [1.165, 1.54) is 11.0 Å². The summed E-state index contributed by atoms with van der Waals surface area (Å²) in [4.78, 5) is 33.1. The first-order valence-corrected chi connectivity index (χ1v) is 11.3. The molecule has 2 unspecified atom stereocenters. The number of carbonyl (C=O) groups is 2. The fourth-order valence-corrected chi connectivity index (χ4v) is 5.18. The number of amides is 1. The first-order valence-electron chi connectivity index (χ1n) is 11.3. The molecule has 5 heterocycles. The number of pyridine rings is 1. The zero-order valence-corrected chi connectivity index (χ0v) is 19.1. The van der Waals surface area contributed by atoms with Crippen LogP contribution in [0.4, 0.5) is 0 Å². The molecule has 3 aliphatic rings. The van der Waals surface area contributed by atoms with Crippen molar-refractivity contribution in [1.82, 2.24) is 35.0 Å². The number of β-amino-alcohol motifs (C(OH)–C–C–N with tert-alkyl or cyclic N) is 2. The van der Waals surface area contributed by atoms with Crippen molar-refractivity contribution in [3.63, 3.8) is 0 Å². The number of carbonyl (C=O) groups excluding carboxylic acids is 2. The van der Waals surface area contributed by atoms with E-state index in [9.17, 15) is 19.8 Å². The number of hydrogen-bond donors (Lipinski definition) is 2. The van der Waals surface area contributed by atoms with E-state index in [0.29, 0.717) is 60.8 Å². The number of tetrazole rings is 1. The van der Waals surface area contributed by atoms with Crippen molar-refractivity contribution in [2.45, 2.75) is 38.9 Å². The molecular weight excluding hydrogens is 442 g/mol. The highest BCUT2D eigenvalue weighted by Crippen LogP contribution is 2.44. The molecule has 2 aromatic heterocycles. The summed E-state index contributed by atoms with van der Waals surface area (Å²) in [6.07, 6.45) is 0.778. The average Bonchev–Trinajstić information content (AvgIpc) is 3.53. The van der Waals surface area contributed by atoms with Gasteiger partial charge in [0.15, 0.2) is 5.82 Å². The number of aliphatic hydroxyl groups excluding tert-OH is 2. The maximum Gasteiger partial charge on any atom is 0.336 e. The van der Waals surface area contributed by atoms with Gasteiger partial charge in [-0.05, 0) is 49.7 Å². The van der Waals surface area contributed by atoms with E-state index in [2.05, 4.69) is 20.5 Å². The second-order valence-corrected chi connectivity index (χ2v) is 9.15. The minimum atomic E-state index is -0.870. The lowest BCUT2D eigenvalue weighted by atomic mass is 9.74. The minimum absolute atomic E-state index is 0.0977. The normalized spacial score (nSPS) is 26.6. The molecule has 1 spiro atoms. The molecule has 0 aliphatic carbocycles. The second-order valence-electron chi connectivity index (χ2n) is 9.15. The third-order valence-electron chi connectivity index (χ3n) is 7.29. The van der Waals surface area contributed by atoms with Gasteiger partial charge in [-0.25, -0.2) is 9.78 Å².